The van der Waals surface area contributed by atoms with E-state index in [4.69, 9.17) is 6.57 Å². The molecule has 0 spiro atoms. The minimum Gasteiger partial charge on any atom is -0.246 e. The molecule has 0 bridgehead atoms. The second kappa shape index (κ2) is 11.5. The first kappa shape index (κ1) is 16.9. The molecule has 0 aliphatic carbocycles. The van der Waals surface area contributed by atoms with Crippen molar-refractivity contribution in [3.05, 3.63) is 53.0 Å². The van der Waals surface area contributed by atoms with Gasteiger partial charge in [0.1, 0.15) is 0 Å². The fourth-order valence-corrected chi connectivity index (χ4v) is 0.988. The number of benzene rings is 1. The fourth-order valence-electron chi connectivity index (χ4n) is 0.988. The molecule has 88 valence electrons. The van der Waals surface area contributed by atoms with Crippen molar-refractivity contribution in [3.8, 4) is 0 Å². The van der Waals surface area contributed by atoms with Crippen LogP contribution in [0.1, 0.15) is 45.7 Å². The van der Waals surface area contributed by atoms with E-state index in [0.29, 0.717) is 0 Å². The lowest BCUT2D eigenvalue weighted by molar-refractivity contribution is 1.44. The molecule has 0 atom stereocenters. The molecule has 0 fully saturated rings. The van der Waals surface area contributed by atoms with E-state index in [0.717, 1.165) is 11.1 Å². The summed E-state index contributed by atoms with van der Waals surface area (Å²) in [5.41, 5.74) is 3.39. The minimum absolute atomic E-state index is 1.02. The van der Waals surface area contributed by atoms with Gasteiger partial charge in [-0.3, -0.25) is 0 Å². The highest BCUT2D eigenvalue weighted by Crippen LogP contribution is 2.13. The Hall–Kier alpha value is -1.55. The van der Waals surface area contributed by atoms with Gasteiger partial charge in [-0.05, 0) is 25.0 Å². The van der Waals surface area contributed by atoms with E-state index in [1.54, 1.807) is 6.20 Å². The molecule has 0 saturated carbocycles. The van der Waals surface area contributed by atoms with Crippen molar-refractivity contribution in [3.63, 3.8) is 0 Å². The Morgan fingerprint density at radius 2 is 1.50 bits per heavy atom. The summed E-state index contributed by atoms with van der Waals surface area (Å²) in [4.78, 5) is 3.22. The van der Waals surface area contributed by atoms with Crippen LogP contribution < -0.4 is 0 Å². The smallest absolute Gasteiger partial charge is 0.157 e. The Morgan fingerprint density at radius 1 is 1.06 bits per heavy atom. The summed E-state index contributed by atoms with van der Waals surface area (Å²) in [6.07, 6.45) is 1.55. The molecule has 0 amide bonds. The average Bonchev–Trinajstić information content (AvgIpc) is 2.35. The van der Waals surface area contributed by atoms with Gasteiger partial charge in [0.2, 0.25) is 0 Å². The maximum atomic E-state index is 6.67. The molecule has 1 aromatic rings. The maximum absolute atomic E-state index is 6.67. The predicted octanol–water partition coefficient (Wildman–Crippen LogP) is 5.33. The number of nitrogens with zero attached hydrogens (tertiary/aromatic N) is 1. The van der Waals surface area contributed by atoms with Crippen LogP contribution in [-0.4, -0.2) is 0 Å². The van der Waals surface area contributed by atoms with Gasteiger partial charge in [-0.1, -0.05) is 57.5 Å². The van der Waals surface area contributed by atoms with Gasteiger partial charge in [0.25, 0.3) is 0 Å². The Balaban J connectivity index is 0. The van der Waals surface area contributed by atoms with Crippen LogP contribution in [0.5, 0.6) is 0 Å². The number of allylic oxidation sites excluding steroid dienone is 1. The van der Waals surface area contributed by atoms with E-state index in [1.807, 2.05) is 46.8 Å². The molecule has 0 saturated heterocycles. The zero-order valence-corrected chi connectivity index (χ0v) is 11.3. The summed E-state index contributed by atoms with van der Waals surface area (Å²) in [5.74, 6) is 0. The monoisotopic (exact) mass is 217 g/mol. The quantitative estimate of drug-likeness (QED) is 0.560. The predicted molar refractivity (Wildman–Crippen MR) is 74.1 cm³/mol. The summed E-state index contributed by atoms with van der Waals surface area (Å²) in [6.45, 7) is 18.7. The van der Waals surface area contributed by atoms with Crippen molar-refractivity contribution in [2.75, 3.05) is 0 Å². The lowest BCUT2D eigenvalue weighted by atomic mass is 10.1. The molecule has 16 heavy (non-hydrogen) atoms. The zero-order chi connectivity index (χ0) is 13.0. The highest BCUT2D eigenvalue weighted by molar-refractivity contribution is 5.64. The average molecular weight is 217 g/mol. The van der Waals surface area contributed by atoms with E-state index >= 15 is 0 Å². The summed E-state index contributed by atoms with van der Waals surface area (Å²) < 4.78 is 0. The van der Waals surface area contributed by atoms with Crippen molar-refractivity contribution in [1.29, 1.82) is 0 Å². The molecule has 1 aromatic carbocycles. The molecule has 0 heterocycles. The molecule has 1 rings (SSSR count). The largest absolute Gasteiger partial charge is 0.246 e. The first-order valence-corrected chi connectivity index (χ1v) is 5.84. The van der Waals surface area contributed by atoms with Crippen molar-refractivity contribution >= 4 is 5.57 Å². The summed E-state index contributed by atoms with van der Waals surface area (Å²) >= 11 is 0. The molecule has 0 N–H and O–H groups in total. The van der Waals surface area contributed by atoms with E-state index in [9.17, 15) is 0 Å². The van der Waals surface area contributed by atoms with Crippen molar-refractivity contribution < 1.29 is 0 Å². The van der Waals surface area contributed by atoms with Crippen LogP contribution in [0.25, 0.3) is 10.4 Å². The van der Waals surface area contributed by atoms with Gasteiger partial charge in [0.15, 0.2) is 6.20 Å². The molecule has 0 radical (unpaired) electrons. The van der Waals surface area contributed by atoms with Crippen molar-refractivity contribution in [1.82, 2.24) is 0 Å². The summed E-state index contributed by atoms with van der Waals surface area (Å²) in [5, 5.41) is 0. The number of rotatable bonds is 1. The number of hydrogen-bond donors (Lipinski definition) is 0. The molecule has 0 aliphatic rings. The Kier molecular flexibility index (Phi) is 12.1. The van der Waals surface area contributed by atoms with Crippen LogP contribution in [0.3, 0.4) is 0 Å². The second-order valence-corrected chi connectivity index (χ2v) is 2.81. The summed E-state index contributed by atoms with van der Waals surface area (Å²) in [6, 6.07) is 8.17. The standard InChI is InChI=1S/C11H11N.2C2H6/c1-9-4-6-11(7-5-9)10(2)8-12-3;2*1-2/h4-8H,1-2H3;2*1-2H3/b10-8+;;. The third kappa shape index (κ3) is 6.84. The van der Waals surface area contributed by atoms with Gasteiger partial charge >= 0.3 is 0 Å². The first-order valence-electron chi connectivity index (χ1n) is 5.84. The lowest BCUT2D eigenvalue weighted by Gasteiger charge is -1.99. The maximum Gasteiger partial charge on any atom is 0.157 e. The van der Waals surface area contributed by atoms with E-state index in [2.05, 4.69) is 23.9 Å². The number of hydrogen-bond acceptors (Lipinski definition) is 0. The molecule has 0 unspecified atom stereocenters. The Morgan fingerprint density at radius 3 is 1.88 bits per heavy atom. The highest BCUT2D eigenvalue weighted by atomic mass is 14.6. The van der Waals surface area contributed by atoms with E-state index in [-0.39, 0.29) is 0 Å². The highest BCUT2D eigenvalue weighted by Gasteiger charge is 1.92. The van der Waals surface area contributed by atoms with Gasteiger partial charge in [-0.2, -0.15) is 0 Å². The SMILES string of the molecule is CC.CC.[C-]#[N+]/C=C(\C)c1ccc(C)cc1. The molecule has 0 aromatic heterocycles. The molecular formula is C15H23N. The molecule has 1 heteroatoms. The number of aryl methyl sites for hydroxylation is 1. The van der Waals surface area contributed by atoms with Crippen molar-refractivity contribution in [2.24, 2.45) is 0 Å². The van der Waals surface area contributed by atoms with E-state index < -0.39 is 0 Å². The fraction of sp³-hybridized carbons (Fsp3) is 0.400. The van der Waals surface area contributed by atoms with Gasteiger partial charge in [0.05, 0.1) is 6.57 Å². The third-order valence-electron chi connectivity index (χ3n) is 1.77. The Bertz CT molecular complexity index is 325. The third-order valence-corrected chi connectivity index (χ3v) is 1.77. The second-order valence-electron chi connectivity index (χ2n) is 2.81. The normalized spacial score (nSPS) is 8.94. The topological polar surface area (TPSA) is 4.36 Å². The van der Waals surface area contributed by atoms with Gasteiger partial charge < -0.3 is 0 Å². The van der Waals surface area contributed by atoms with E-state index in [1.165, 1.54) is 5.56 Å². The van der Waals surface area contributed by atoms with Crippen LogP contribution in [0.15, 0.2) is 30.5 Å². The van der Waals surface area contributed by atoms with Crippen LogP contribution in [0, 0.1) is 13.5 Å². The summed E-state index contributed by atoms with van der Waals surface area (Å²) in [7, 11) is 0. The molecular weight excluding hydrogens is 194 g/mol. The minimum atomic E-state index is 1.02. The van der Waals surface area contributed by atoms with Crippen LogP contribution in [-0.2, 0) is 0 Å². The molecule has 1 nitrogen and oxygen atoms in total. The van der Waals surface area contributed by atoms with Gasteiger partial charge in [-0.15, -0.1) is 0 Å². The molecule has 0 aliphatic heterocycles. The van der Waals surface area contributed by atoms with Crippen LogP contribution >= 0.6 is 0 Å². The van der Waals surface area contributed by atoms with Crippen LogP contribution in [0.4, 0.5) is 0 Å². The lowest BCUT2D eigenvalue weighted by Crippen LogP contribution is -1.78. The first-order chi connectivity index (χ1) is 7.74. The van der Waals surface area contributed by atoms with Gasteiger partial charge in [-0.25, -0.2) is 4.85 Å². The Labute approximate surface area is 101 Å². The van der Waals surface area contributed by atoms with Gasteiger partial charge in [0, 0.05) is 0 Å². The zero-order valence-electron chi connectivity index (χ0n) is 11.3. The van der Waals surface area contributed by atoms with Crippen molar-refractivity contribution in [2.45, 2.75) is 41.5 Å². The van der Waals surface area contributed by atoms with Crippen LogP contribution in [0.2, 0.25) is 0 Å².